The third-order valence-electron chi connectivity index (χ3n) is 4.01. The molecule has 112 valence electrons. The lowest BCUT2D eigenvalue weighted by Crippen LogP contribution is -2.57. The summed E-state index contributed by atoms with van der Waals surface area (Å²) < 4.78 is 8.13. The van der Waals surface area contributed by atoms with Crippen LogP contribution in [0.1, 0.15) is 18.5 Å². The number of rotatable bonds is 5. The second-order valence-electron chi connectivity index (χ2n) is 5.13. The van der Waals surface area contributed by atoms with Gasteiger partial charge in [-0.3, -0.25) is 14.4 Å². The fourth-order valence-electron chi connectivity index (χ4n) is 2.92. The molecule has 0 spiro atoms. The van der Waals surface area contributed by atoms with Crippen LogP contribution in [0.25, 0.3) is 0 Å². The summed E-state index contributed by atoms with van der Waals surface area (Å²) in [5, 5.41) is 7.00. The number of halogens is 1. The maximum atomic E-state index is 12.4. The average molecular weight is 345 g/mol. The van der Waals surface area contributed by atoms with Gasteiger partial charge in [-0.15, -0.1) is 0 Å². The van der Waals surface area contributed by atoms with Crippen molar-refractivity contribution in [1.82, 2.24) is 20.0 Å². The van der Waals surface area contributed by atoms with Gasteiger partial charge in [-0.25, -0.2) is 0 Å². The molecular weight excluding hydrogens is 324 g/mol. The number of aromatic nitrogens is 2. The molecule has 1 aliphatic heterocycles. The molecule has 1 atom stereocenters. The van der Waals surface area contributed by atoms with Crippen molar-refractivity contribution < 1.29 is 9.53 Å². The van der Waals surface area contributed by atoms with Crippen LogP contribution in [0.4, 0.5) is 0 Å². The highest BCUT2D eigenvalue weighted by Gasteiger charge is 2.47. The van der Waals surface area contributed by atoms with Crippen molar-refractivity contribution in [2.75, 3.05) is 27.3 Å². The van der Waals surface area contributed by atoms with Crippen LogP contribution in [0.2, 0.25) is 0 Å². The SMILES string of the molecule is CNC(=O)C1(COC)CCCN1Cc1c(Br)cnn1C. The molecule has 0 bridgehead atoms. The number of carbonyl (C=O) groups is 1. The maximum absolute atomic E-state index is 12.4. The Balaban J connectivity index is 2.27. The van der Waals surface area contributed by atoms with Crippen molar-refractivity contribution in [3.05, 3.63) is 16.4 Å². The van der Waals surface area contributed by atoms with Crippen molar-refractivity contribution in [3.63, 3.8) is 0 Å². The molecule has 1 N–H and O–H groups in total. The van der Waals surface area contributed by atoms with E-state index in [2.05, 4.69) is 31.2 Å². The predicted molar refractivity (Wildman–Crippen MR) is 79.2 cm³/mol. The Bertz CT molecular complexity index is 471. The molecule has 6 nitrogen and oxygen atoms in total. The zero-order chi connectivity index (χ0) is 14.8. The van der Waals surface area contributed by atoms with Gasteiger partial charge >= 0.3 is 0 Å². The highest BCUT2D eigenvalue weighted by atomic mass is 79.9. The molecule has 2 heterocycles. The van der Waals surface area contributed by atoms with Gasteiger partial charge in [-0.05, 0) is 35.3 Å². The van der Waals surface area contributed by atoms with Crippen LogP contribution >= 0.6 is 15.9 Å². The van der Waals surface area contributed by atoms with E-state index in [1.54, 1.807) is 20.4 Å². The smallest absolute Gasteiger partial charge is 0.242 e. The standard InChI is InChI=1S/C13H21BrN4O2/c1-15-12(19)13(9-20-3)5-4-6-18(13)8-11-10(14)7-16-17(11)2/h7H,4-6,8-9H2,1-3H3,(H,15,19). The number of nitrogens with zero attached hydrogens (tertiary/aromatic N) is 3. The average Bonchev–Trinajstić information content (AvgIpc) is 2.98. The monoisotopic (exact) mass is 344 g/mol. The van der Waals surface area contributed by atoms with E-state index < -0.39 is 5.54 Å². The van der Waals surface area contributed by atoms with Gasteiger partial charge in [-0.2, -0.15) is 5.10 Å². The van der Waals surface area contributed by atoms with Crippen LogP contribution < -0.4 is 5.32 Å². The number of ether oxygens (including phenoxy) is 1. The van der Waals surface area contributed by atoms with Crippen molar-refractivity contribution in [3.8, 4) is 0 Å². The van der Waals surface area contributed by atoms with Gasteiger partial charge in [0.05, 0.1) is 23.0 Å². The molecule has 1 aromatic rings. The van der Waals surface area contributed by atoms with E-state index in [1.807, 2.05) is 11.7 Å². The van der Waals surface area contributed by atoms with Crippen molar-refractivity contribution in [1.29, 1.82) is 0 Å². The summed E-state index contributed by atoms with van der Waals surface area (Å²) in [5.74, 6) is 0.0233. The number of hydrogen-bond donors (Lipinski definition) is 1. The van der Waals surface area contributed by atoms with E-state index in [1.165, 1.54) is 0 Å². The van der Waals surface area contributed by atoms with Gasteiger partial charge in [0.2, 0.25) is 5.91 Å². The fourth-order valence-corrected chi connectivity index (χ4v) is 3.39. The number of carbonyl (C=O) groups excluding carboxylic acids is 1. The molecule has 2 rings (SSSR count). The fraction of sp³-hybridized carbons (Fsp3) is 0.692. The van der Waals surface area contributed by atoms with Crippen molar-refractivity contribution in [2.45, 2.75) is 24.9 Å². The van der Waals surface area contributed by atoms with Crippen LogP contribution in [-0.2, 0) is 23.1 Å². The summed E-state index contributed by atoms with van der Waals surface area (Å²) in [6.07, 6.45) is 3.59. The Morgan fingerprint density at radius 2 is 2.40 bits per heavy atom. The van der Waals surface area contributed by atoms with Crippen LogP contribution in [0.3, 0.4) is 0 Å². The molecule has 1 unspecified atom stereocenters. The molecule has 20 heavy (non-hydrogen) atoms. The first-order valence-electron chi connectivity index (χ1n) is 6.67. The highest BCUT2D eigenvalue weighted by molar-refractivity contribution is 9.10. The minimum Gasteiger partial charge on any atom is -0.382 e. The number of nitrogens with one attached hydrogen (secondary N) is 1. The lowest BCUT2D eigenvalue weighted by atomic mass is 9.95. The summed E-state index contributed by atoms with van der Waals surface area (Å²) in [5.41, 5.74) is 0.490. The highest BCUT2D eigenvalue weighted by Crippen LogP contribution is 2.32. The third-order valence-corrected chi connectivity index (χ3v) is 4.67. The lowest BCUT2D eigenvalue weighted by molar-refractivity contribution is -0.135. The van der Waals surface area contributed by atoms with Crippen LogP contribution in [0.5, 0.6) is 0 Å². The van der Waals surface area contributed by atoms with Gasteiger partial charge < -0.3 is 10.1 Å². The second-order valence-corrected chi connectivity index (χ2v) is 5.99. The molecule has 7 heteroatoms. The first kappa shape index (κ1) is 15.5. The molecule has 0 radical (unpaired) electrons. The summed E-state index contributed by atoms with van der Waals surface area (Å²) in [7, 11) is 5.23. The van der Waals surface area contributed by atoms with Crippen LogP contribution in [0.15, 0.2) is 10.7 Å². The number of methoxy groups -OCH3 is 1. The van der Waals surface area contributed by atoms with E-state index in [0.29, 0.717) is 13.2 Å². The molecule has 0 aliphatic carbocycles. The van der Waals surface area contributed by atoms with Crippen LogP contribution in [-0.4, -0.2) is 53.4 Å². The van der Waals surface area contributed by atoms with E-state index >= 15 is 0 Å². The van der Waals surface area contributed by atoms with E-state index in [4.69, 9.17) is 4.74 Å². The second kappa shape index (κ2) is 6.24. The summed E-state index contributed by atoms with van der Waals surface area (Å²) in [6, 6.07) is 0. The molecule has 1 amide bonds. The Morgan fingerprint density at radius 3 is 2.95 bits per heavy atom. The molecule has 0 saturated carbocycles. The normalized spacial score (nSPS) is 23.2. The van der Waals surface area contributed by atoms with Gasteiger partial charge in [-0.1, -0.05) is 0 Å². The number of likely N-dealkylation sites (tertiary alicyclic amines) is 1. The minimum absolute atomic E-state index is 0.0233. The van der Waals surface area contributed by atoms with E-state index in [9.17, 15) is 4.79 Å². The number of likely N-dealkylation sites (N-methyl/N-ethyl adjacent to an activating group) is 1. The third kappa shape index (κ3) is 2.62. The summed E-state index contributed by atoms with van der Waals surface area (Å²) in [6.45, 7) is 1.96. The Kier molecular flexibility index (Phi) is 4.82. The molecule has 1 fully saturated rings. The number of amides is 1. The molecule has 1 saturated heterocycles. The molecule has 1 aliphatic rings. The van der Waals surface area contributed by atoms with Crippen LogP contribution in [0, 0.1) is 0 Å². The minimum atomic E-state index is -0.576. The molecular formula is C13H21BrN4O2. The van der Waals surface area contributed by atoms with Crippen molar-refractivity contribution in [2.24, 2.45) is 7.05 Å². The maximum Gasteiger partial charge on any atom is 0.242 e. The lowest BCUT2D eigenvalue weighted by Gasteiger charge is -2.36. The Morgan fingerprint density at radius 1 is 1.65 bits per heavy atom. The Labute approximate surface area is 127 Å². The zero-order valence-corrected chi connectivity index (χ0v) is 13.7. The summed E-state index contributed by atoms with van der Waals surface area (Å²) >= 11 is 3.51. The largest absolute Gasteiger partial charge is 0.382 e. The van der Waals surface area contributed by atoms with E-state index in [0.717, 1.165) is 29.6 Å². The first-order valence-corrected chi connectivity index (χ1v) is 7.47. The zero-order valence-electron chi connectivity index (χ0n) is 12.1. The van der Waals surface area contributed by atoms with Crippen molar-refractivity contribution >= 4 is 21.8 Å². The van der Waals surface area contributed by atoms with Gasteiger partial charge in [0.25, 0.3) is 0 Å². The number of hydrogen-bond acceptors (Lipinski definition) is 4. The van der Waals surface area contributed by atoms with Gasteiger partial charge in [0.15, 0.2) is 0 Å². The van der Waals surface area contributed by atoms with Gasteiger partial charge in [0.1, 0.15) is 5.54 Å². The van der Waals surface area contributed by atoms with Gasteiger partial charge in [0, 0.05) is 27.7 Å². The Hall–Kier alpha value is -0.920. The first-order chi connectivity index (χ1) is 9.55. The topological polar surface area (TPSA) is 59.4 Å². The summed E-state index contributed by atoms with van der Waals surface area (Å²) in [4.78, 5) is 14.6. The molecule has 1 aromatic heterocycles. The quantitative estimate of drug-likeness (QED) is 0.862. The predicted octanol–water partition coefficient (Wildman–Crippen LogP) is 0.910. The van der Waals surface area contributed by atoms with E-state index in [-0.39, 0.29) is 5.91 Å². The number of aryl methyl sites for hydroxylation is 1. The molecule has 0 aromatic carbocycles.